The number of carbonyl (C=O) groups excluding carboxylic acids is 1. The molecule has 2 rings (SSSR count). The number of hydrogen-bond acceptors (Lipinski definition) is 5. The minimum Gasteiger partial charge on any atom is -0.486 e. The van der Waals surface area contributed by atoms with Gasteiger partial charge in [-0.05, 0) is 29.8 Å². The number of ether oxygens (including phenoxy) is 2. The Morgan fingerprint density at radius 2 is 1.76 bits per heavy atom. The van der Waals surface area contributed by atoms with Gasteiger partial charge in [-0.2, -0.15) is 0 Å². The summed E-state index contributed by atoms with van der Waals surface area (Å²) < 4.78 is 60.1. The largest absolute Gasteiger partial charge is 0.486 e. The van der Waals surface area contributed by atoms with Gasteiger partial charge in [-0.1, -0.05) is 12.1 Å². The molecule has 25 heavy (non-hydrogen) atoms. The molecule has 0 aliphatic rings. The third kappa shape index (κ3) is 5.25. The van der Waals surface area contributed by atoms with Gasteiger partial charge in [-0.3, -0.25) is 4.79 Å². The maximum Gasteiger partial charge on any atom is 0.306 e. The highest BCUT2D eigenvalue weighted by Gasteiger charge is 2.16. The molecule has 2 aromatic carbocycles. The highest BCUT2D eigenvalue weighted by Crippen LogP contribution is 2.20. The van der Waals surface area contributed by atoms with E-state index in [1.54, 1.807) is 0 Å². The van der Waals surface area contributed by atoms with Crippen molar-refractivity contribution in [2.45, 2.75) is 17.9 Å². The molecule has 0 bridgehead atoms. The fourth-order valence-electron chi connectivity index (χ4n) is 1.98. The Morgan fingerprint density at radius 3 is 2.36 bits per heavy atom. The van der Waals surface area contributed by atoms with Gasteiger partial charge in [0, 0.05) is 6.07 Å². The Hall–Kier alpha value is -2.48. The molecule has 2 aromatic rings. The molecule has 0 N–H and O–H groups in total. The van der Waals surface area contributed by atoms with Crippen LogP contribution in [0.1, 0.15) is 12.0 Å². The summed E-state index contributed by atoms with van der Waals surface area (Å²) in [6.07, 6.45) is -0.229. The van der Waals surface area contributed by atoms with E-state index in [1.165, 1.54) is 37.4 Å². The van der Waals surface area contributed by atoms with E-state index < -0.39 is 27.4 Å². The summed E-state index contributed by atoms with van der Waals surface area (Å²) in [6, 6.07) is 8.77. The van der Waals surface area contributed by atoms with Crippen LogP contribution in [-0.2, 0) is 26.0 Å². The van der Waals surface area contributed by atoms with E-state index in [1.807, 2.05) is 0 Å². The Kier molecular flexibility index (Phi) is 6.08. The molecule has 0 atom stereocenters. The quantitative estimate of drug-likeness (QED) is 0.701. The molecule has 5 nitrogen and oxygen atoms in total. The zero-order chi connectivity index (χ0) is 18.4. The van der Waals surface area contributed by atoms with Crippen LogP contribution in [0.25, 0.3) is 0 Å². The van der Waals surface area contributed by atoms with Crippen molar-refractivity contribution in [3.63, 3.8) is 0 Å². The number of methoxy groups -OCH3 is 1. The fraction of sp³-hybridized carbons (Fsp3) is 0.235. The number of hydrogen-bond donors (Lipinski definition) is 0. The Balaban J connectivity index is 2.00. The number of rotatable bonds is 7. The van der Waals surface area contributed by atoms with Gasteiger partial charge in [-0.15, -0.1) is 0 Å². The lowest BCUT2D eigenvalue weighted by molar-refractivity contribution is -0.140. The normalized spacial score (nSPS) is 11.2. The van der Waals surface area contributed by atoms with Crippen molar-refractivity contribution in [1.82, 2.24) is 0 Å². The molecule has 0 aromatic heterocycles. The van der Waals surface area contributed by atoms with Gasteiger partial charge in [0.2, 0.25) is 0 Å². The predicted octanol–water partition coefficient (Wildman–Crippen LogP) is 2.88. The summed E-state index contributed by atoms with van der Waals surface area (Å²) in [5.41, 5.74) is 0.607. The average Bonchev–Trinajstić information content (AvgIpc) is 2.59. The predicted molar refractivity (Wildman–Crippen MR) is 85.8 cm³/mol. The molecule has 0 heterocycles. The summed E-state index contributed by atoms with van der Waals surface area (Å²) in [5, 5.41) is 0. The molecule has 0 amide bonds. The van der Waals surface area contributed by atoms with Gasteiger partial charge >= 0.3 is 5.97 Å². The van der Waals surface area contributed by atoms with Crippen molar-refractivity contribution in [2.75, 3.05) is 12.9 Å². The summed E-state index contributed by atoms with van der Waals surface area (Å²) in [6.45, 7) is -0.00889. The lowest BCUT2D eigenvalue weighted by Gasteiger charge is -2.08. The van der Waals surface area contributed by atoms with Crippen molar-refractivity contribution < 1.29 is 31.5 Å². The summed E-state index contributed by atoms with van der Waals surface area (Å²) in [4.78, 5) is 11.1. The molecule has 8 heteroatoms. The summed E-state index contributed by atoms with van der Waals surface area (Å²) in [7, 11) is -2.42. The van der Waals surface area contributed by atoms with Crippen molar-refractivity contribution in [2.24, 2.45) is 0 Å². The van der Waals surface area contributed by atoms with Crippen molar-refractivity contribution in [1.29, 1.82) is 0 Å². The molecular weight excluding hydrogens is 354 g/mol. The van der Waals surface area contributed by atoms with E-state index >= 15 is 0 Å². The van der Waals surface area contributed by atoms with Crippen molar-refractivity contribution in [3.8, 4) is 5.75 Å². The minimum atomic E-state index is -3.60. The zero-order valence-corrected chi connectivity index (χ0v) is 14.2. The van der Waals surface area contributed by atoms with Gasteiger partial charge in [0.15, 0.2) is 21.4 Å². The number of carbonyl (C=O) groups is 1. The maximum atomic E-state index is 13.5. The van der Waals surface area contributed by atoms with Gasteiger partial charge < -0.3 is 9.47 Å². The number of halogens is 2. The number of benzene rings is 2. The van der Waals surface area contributed by atoms with E-state index in [0.29, 0.717) is 11.6 Å². The molecule has 0 spiro atoms. The van der Waals surface area contributed by atoms with Gasteiger partial charge in [-0.25, -0.2) is 17.2 Å². The molecule has 0 aliphatic heterocycles. The van der Waals surface area contributed by atoms with Crippen molar-refractivity contribution in [3.05, 3.63) is 59.7 Å². The summed E-state index contributed by atoms with van der Waals surface area (Å²) in [5.74, 6) is -2.57. The fourth-order valence-corrected chi connectivity index (χ4v) is 3.21. The van der Waals surface area contributed by atoms with Crippen LogP contribution in [0.3, 0.4) is 0 Å². The number of sulfone groups is 1. The highest BCUT2D eigenvalue weighted by atomic mass is 32.2. The van der Waals surface area contributed by atoms with E-state index in [0.717, 1.165) is 6.07 Å². The SMILES string of the molecule is COC(=O)CCS(=O)(=O)c1ccc(COc2ccc(F)cc2F)cc1. The Morgan fingerprint density at radius 1 is 1.08 bits per heavy atom. The monoisotopic (exact) mass is 370 g/mol. The van der Waals surface area contributed by atoms with Gasteiger partial charge in [0.1, 0.15) is 12.4 Å². The van der Waals surface area contributed by atoms with Crippen LogP contribution in [0.15, 0.2) is 47.4 Å². The molecule has 0 saturated heterocycles. The maximum absolute atomic E-state index is 13.5. The van der Waals surface area contributed by atoms with Crippen LogP contribution in [-0.4, -0.2) is 27.2 Å². The summed E-state index contributed by atoms with van der Waals surface area (Å²) >= 11 is 0. The first-order valence-corrected chi connectivity index (χ1v) is 8.93. The molecule has 0 aliphatic carbocycles. The Labute approximate surface area is 144 Å². The first kappa shape index (κ1) is 18.9. The third-order valence-electron chi connectivity index (χ3n) is 3.37. The molecule has 134 valence electrons. The van der Waals surface area contributed by atoms with E-state index in [9.17, 15) is 22.0 Å². The first-order chi connectivity index (χ1) is 11.8. The minimum absolute atomic E-state index is 0.00889. The Bertz CT molecular complexity index is 848. The van der Waals surface area contributed by atoms with Crippen LogP contribution in [0, 0.1) is 11.6 Å². The van der Waals surface area contributed by atoms with Crippen LogP contribution in [0.2, 0.25) is 0 Å². The topological polar surface area (TPSA) is 69.7 Å². The standard InChI is InChI=1S/C17H16F2O5S/c1-23-17(20)8-9-25(21,22)14-5-2-12(3-6-14)11-24-16-7-4-13(18)10-15(16)19/h2-7,10H,8-9,11H2,1H3. The average molecular weight is 370 g/mol. The van der Waals surface area contributed by atoms with E-state index in [4.69, 9.17) is 4.74 Å². The second-order valence-corrected chi connectivity index (χ2v) is 7.26. The van der Waals surface area contributed by atoms with Crippen LogP contribution < -0.4 is 4.74 Å². The lowest BCUT2D eigenvalue weighted by atomic mass is 10.2. The second-order valence-electron chi connectivity index (χ2n) is 5.15. The molecular formula is C17H16F2O5S. The van der Waals surface area contributed by atoms with Crippen LogP contribution >= 0.6 is 0 Å². The highest BCUT2D eigenvalue weighted by molar-refractivity contribution is 7.91. The lowest BCUT2D eigenvalue weighted by Crippen LogP contribution is -2.12. The van der Waals surface area contributed by atoms with Crippen LogP contribution in [0.4, 0.5) is 8.78 Å². The third-order valence-corrected chi connectivity index (χ3v) is 5.11. The van der Waals surface area contributed by atoms with E-state index in [-0.39, 0.29) is 29.4 Å². The van der Waals surface area contributed by atoms with Crippen LogP contribution in [0.5, 0.6) is 5.75 Å². The van der Waals surface area contributed by atoms with E-state index in [2.05, 4.69) is 4.74 Å². The smallest absolute Gasteiger partial charge is 0.306 e. The number of esters is 1. The zero-order valence-electron chi connectivity index (χ0n) is 13.4. The molecule has 0 saturated carbocycles. The van der Waals surface area contributed by atoms with Gasteiger partial charge in [0.25, 0.3) is 0 Å². The van der Waals surface area contributed by atoms with Crippen molar-refractivity contribution >= 4 is 15.8 Å². The van der Waals surface area contributed by atoms with Gasteiger partial charge in [0.05, 0.1) is 24.2 Å². The molecule has 0 radical (unpaired) electrons. The second kappa shape index (κ2) is 8.06. The first-order valence-electron chi connectivity index (χ1n) is 7.28. The molecule has 0 unspecified atom stereocenters. The molecule has 0 fully saturated rings.